The van der Waals surface area contributed by atoms with Gasteiger partial charge in [0, 0.05) is 37.2 Å². The van der Waals surface area contributed by atoms with Crippen LogP contribution in [0.5, 0.6) is 0 Å². The van der Waals surface area contributed by atoms with E-state index in [1.54, 1.807) is 6.33 Å². The van der Waals surface area contributed by atoms with Gasteiger partial charge in [-0.2, -0.15) is 0 Å². The lowest BCUT2D eigenvalue weighted by molar-refractivity contribution is -0.0140. The number of anilines is 1. The average molecular weight is 306 g/mol. The van der Waals surface area contributed by atoms with Gasteiger partial charge >= 0.3 is 0 Å². The van der Waals surface area contributed by atoms with Crippen molar-refractivity contribution in [1.29, 1.82) is 0 Å². The molecule has 0 saturated heterocycles. The number of hydrogen-bond acceptors (Lipinski definition) is 3. The van der Waals surface area contributed by atoms with Crippen molar-refractivity contribution in [1.82, 2.24) is 14.8 Å². The number of aryl methyl sites for hydroxylation is 1. The van der Waals surface area contributed by atoms with Crippen molar-refractivity contribution in [3.05, 3.63) is 30.6 Å². The molecule has 1 saturated carbocycles. The fourth-order valence-corrected chi connectivity index (χ4v) is 2.93. The first kappa shape index (κ1) is 14.9. The number of benzene rings is 1. The Labute approximate surface area is 128 Å². The van der Waals surface area contributed by atoms with Crippen molar-refractivity contribution in [3.8, 4) is 11.4 Å². The Morgan fingerprint density at radius 3 is 2.91 bits per heavy atom. The predicted octanol–water partition coefficient (Wildman–Crippen LogP) is 3.86. The van der Waals surface area contributed by atoms with Crippen molar-refractivity contribution in [2.75, 3.05) is 5.32 Å². The number of aromatic nitrogens is 3. The fraction of sp³-hybridized carbons (Fsp3) is 0.500. The molecular formula is C16H20F2N4. The van der Waals surface area contributed by atoms with E-state index in [1.165, 1.54) is 0 Å². The van der Waals surface area contributed by atoms with Crippen molar-refractivity contribution in [3.63, 3.8) is 0 Å². The van der Waals surface area contributed by atoms with Crippen LogP contribution in [-0.2, 0) is 7.05 Å². The zero-order chi connectivity index (χ0) is 15.6. The van der Waals surface area contributed by atoms with Crippen LogP contribution in [0.15, 0.2) is 30.6 Å². The zero-order valence-electron chi connectivity index (χ0n) is 12.6. The molecule has 1 atom stereocenters. The van der Waals surface area contributed by atoms with Gasteiger partial charge in [-0.15, -0.1) is 10.2 Å². The summed E-state index contributed by atoms with van der Waals surface area (Å²) in [5, 5.41) is 11.4. The van der Waals surface area contributed by atoms with E-state index in [4.69, 9.17) is 0 Å². The summed E-state index contributed by atoms with van der Waals surface area (Å²) in [6.45, 7) is 0. The van der Waals surface area contributed by atoms with Gasteiger partial charge in [-0.3, -0.25) is 0 Å². The van der Waals surface area contributed by atoms with Crippen LogP contribution < -0.4 is 5.32 Å². The van der Waals surface area contributed by atoms with Gasteiger partial charge in [0.1, 0.15) is 6.33 Å². The summed E-state index contributed by atoms with van der Waals surface area (Å²) in [4.78, 5) is 0. The van der Waals surface area contributed by atoms with E-state index >= 15 is 0 Å². The summed E-state index contributed by atoms with van der Waals surface area (Å²) >= 11 is 0. The fourth-order valence-electron chi connectivity index (χ4n) is 2.93. The highest BCUT2D eigenvalue weighted by molar-refractivity contribution is 5.62. The van der Waals surface area contributed by atoms with Gasteiger partial charge in [-0.25, -0.2) is 8.78 Å². The van der Waals surface area contributed by atoms with E-state index in [-0.39, 0.29) is 18.9 Å². The number of halogens is 2. The Balaban J connectivity index is 1.72. The third kappa shape index (κ3) is 3.43. The molecule has 1 unspecified atom stereocenters. The summed E-state index contributed by atoms with van der Waals surface area (Å²) in [7, 11) is 1.89. The molecule has 1 aromatic heterocycles. The highest BCUT2D eigenvalue weighted by Gasteiger charge is 2.32. The molecular weight excluding hydrogens is 286 g/mol. The maximum Gasteiger partial charge on any atom is 0.248 e. The maximum atomic E-state index is 13.4. The normalized spacial score (nSPS) is 21.3. The Morgan fingerprint density at radius 2 is 2.14 bits per heavy atom. The average Bonchev–Trinajstić information content (AvgIpc) is 2.83. The van der Waals surface area contributed by atoms with Crippen molar-refractivity contribution >= 4 is 5.69 Å². The molecule has 1 aliphatic carbocycles. The van der Waals surface area contributed by atoms with Crippen LogP contribution in [-0.4, -0.2) is 26.7 Å². The van der Waals surface area contributed by atoms with Crippen LogP contribution in [0.25, 0.3) is 11.4 Å². The van der Waals surface area contributed by atoms with Gasteiger partial charge in [0.05, 0.1) is 0 Å². The van der Waals surface area contributed by atoms with Crippen LogP contribution in [0.3, 0.4) is 0 Å². The molecule has 6 heteroatoms. The van der Waals surface area contributed by atoms with Gasteiger partial charge in [0.15, 0.2) is 5.82 Å². The summed E-state index contributed by atoms with van der Waals surface area (Å²) in [6, 6.07) is 7.97. The molecule has 2 aromatic rings. The molecule has 118 valence electrons. The van der Waals surface area contributed by atoms with E-state index < -0.39 is 5.92 Å². The summed E-state index contributed by atoms with van der Waals surface area (Å²) < 4.78 is 28.7. The van der Waals surface area contributed by atoms with E-state index in [0.717, 1.165) is 23.5 Å². The molecule has 1 heterocycles. The number of alkyl halides is 2. The molecule has 0 spiro atoms. The maximum absolute atomic E-state index is 13.4. The molecule has 0 bridgehead atoms. The van der Waals surface area contributed by atoms with Gasteiger partial charge in [-0.1, -0.05) is 12.1 Å². The number of rotatable bonds is 3. The van der Waals surface area contributed by atoms with Crippen molar-refractivity contribution in [2.24, 2.45) is 7.05 Å². The van der Waals surface area contributed by atoms with E-state index in [9.17, 15) is 8.78 Å². The first-order valence-electron chi connectivity index (χ1n) is 7.62. The highest BCUT2D eigenvalue weighted by atomic mass is 19.3. The second-order valence-electron chi connectivity index (χ2n) is 5.97. The topological polar surface area (TPSA) is 42.7 Å². The molecule has 1 N–H and O–H groups in total. The van der Waals surface area contributed by atoms with Crippen LogP contribution in [0, 0.1) is 0 Å². The molecule has 4 nitrogen and oxygen atoms in total. The second kappa shape index (κ2) is 6.02. The SMILES string of the molecule is Cn1cnnc1-c1cccc(NC2CCCC(F)(F)CC2)c1. The molecule has 0 amide bonds. The van der Waals surface area contributed by atoms with Crippen molar-refractivity contribution in [2.45, 2.75) is 44.1 Å². The van der Waals surface area contributed by atoms with Crippen LogP contribution in [0.1, 0.15) is 32.1 Å². The second-order valence-corrected chi connectivity index (χ2v) is 5.97. The third-order valence-electron chi connectivity index (χ3n) is 4.16. The summed E-state index contributed by atoms with van der Waals surface area (Å²) in [6.07, 6.45) is 3.47. The largest absolute Gasteiger partial charge is 0.382 e. The Morgan fingerprint density at radius 1 is 1.27 bits per heavy atom. The van der Waals surface area contributed by atoms with Gasteiger partial charge in [0.25, 0.3) is 0 Å². The molecule has 1 fully saturated rings. The Kier molecular flexibility index (Phi) is 4.09. The molecule has 1 aliphatic rings. The van der Waals surface area contributed by atoms with Gasteiger partial charge in [-0.05, 0) is 31.4 Å². The summed E-state index contributed by atoms with van der Waals surface area (Å²) in [5.41, 5.74) is 1.90. The van der Waals surface area contributed by atoms with Gasteiger partial charge < -0.3 is 9.88 Å². The molecule has 3 rings (SSSR count). The lowest BCUT2D eigenvalue weighted by atomic mass is 10.1. The lowest BCUT2D eigenvalue weighted by Crippen LogP contribution is -2.20. The van der Waals surface area contributed by atoms with E-state index in [0.29, 0.717) is 12.8 Å². The van der Waals surface area contributed by atoms with E-state index in [1.807, 2.05) is 35.9 Å². The minimum absolute atomic E-state index is 0.00413. The van der Waals surface area contributed by atoms with Crippen molar-refractivity contribution < 1.29 is 8.78 Å². The summed E-state index contributed by atoms with van der Waals surface area (Å²) in [5.74, 6) is -1.72. The van der Waals surface area contributed by atoms with Crippen LogP contribution >= 0.6 is 0 Å². The minimum atomic E-state index is -2.50. The minimum Gasteiger partial charge on any atom is -0.382 e. The number of hydrogen-bond donors (Lipinski definition) is 1. The first-order chi connectivity index (χ1) is 10.5. The lowest BCUT2D eigenvalue weighted by Gasteiger charge is -2.18. The third-order valence-corrected chi connectivity index (χ3v) is 4.16. The first-order valence-corrected chi connectivity index (χ1v) is 7.62. The number of nitrogens with zero attached hydrogens (tertiary/aromatic N) is 3. The molecule has 0 aliphatic heterocycles. The standard InChI is InChI=1S/C16H20F2N4/c1-22-11-19-21-15(22)12-4-2-5-14(10-12)20-13-6-3-8-16(17,18)9-7-13/h2,4-5,10-11,13,20H,3,6-9H2,1H3. The van der Waals surface area contributed by atoms with E-state index in [2.05, 4.69) is 15.5 Å². The highest BCUT2D eigenvalue weighted by Crippen LogP contribution is 2.33. The monoisotopic (exact) mass is 306 g/mol. The van der Waals surface area contributed by atoms with Crippen LogP contribution in [0.2, 0.25) is 0 Å². The zero-order valence-corrected chi connectivity index (χ0v) is 12.6. The molecule has 1 aromatic carbocycles. The Hall–Kier alpha value is -1.98. The number of nitrogens with one attached hydrogen (secondary N) is 1. The predicted molar refractivity (Wildman–Crippen MR) is 81.9 cm³/mol. The smallest absolute Gasteiger partial charge is 0.248 e. The molecule has 22 heavy (non-hydrogen) atoms. The quantitative estimate of drug-likeness (QED) is 0.876. The van der Waals surface area contributed by atoms with Gasteiger partial charge in [0.2, 0.25) is 5.92 Å². The van der Waals surface area contributed by atoms with Crippen LogP contribution in [0.4, 0.5) is 14.5 Å². The molecule has 0 radical (unpaired) electrons. The Bertz CT molecular complexity index is 639.